The van der Waals surface area contributed by atoms with Gasteiger partial charge in [-0.3, -0.25) is 0 Å². The van der Waals surface area contributed by atoms with Crippen LogP contribution >= 0.6 is 11.3 Å². The molecule has 0 saturated heterocycles. The summed E-state index contributed by atoms with van der Waals surface area (Å²) in [6, 6.07) is 0. The Bertz CT molecular complexity index is 245. The van der Waals surface area contributed by atoms with Gasteiger partial charge in [-0.2, -0.15) is 0 Å². The van der Waals surface area contributed by atoms with Crippen molar-refractivity contribution in [2.75, 3.05) is 13.1 Å². The number of hydrogen-bond acceptors (Lipinski definition) is 3. The fraction of sp³-hybridized carbons (Fsp3) is 0.700. The molecule has 13 heavy (non-hydrogen) atoms. The molecule has 1 aromatic heterocycles. The van der Waals surface area contributed by atoms with Crippen molar-refractivity contribution in [3.05, 3.63) is 16.6 Å². The van der Waals surface area contributed by atoms with Crippen molar-refractivity contribution in [1.29, 1.82) is 0 Å². The van der Waals surface area contributed by atoms with Gasteiger partial charge in [0.2, 0.25) is 0 Å². The first kappa shape index (κ1) is 9.16. The summed E-state index contributed by atoms with van der Waals surface area (Å²) in [6.45, 7) is 4.54. The van der Waals surface area contributed by atoms with Crippen molar-refractivity contribution < 1.29 is 0 Å². The molecule has 1 N–H and O–H groups in total. The van der Waals surface area contributed by atoms with E-state index in [2.05, 4.69) is 22.6 Å². The van der Waals surface area contributed by atoms with Gasteiger partial charge in [-0.15, -0.1) is 11.3 Å². The molecule has 2 atom stereocenters. The monoisotopic (exact) mass is 196 g/mol. The zero-order chi connectivity index (χ0) is 9.10. The maximum atomic E-state index is 4.35. The lowest BCUT2D eigenvalue weighted by Crippen LogP contribution is -2.17. The fourth-order valence-corrected chi connectivity index (χ4v) is 2.50. The Labute approximate surface area is 83.4 Å². The first-order valence-corrected chi connectivity index (χ1v) is 5.90. The minimum atomic E-state index is 0.768. The molecular formula is C10H16N2S. The van der Waals surface area contributed by atoms with Crippen LogP contribution in [0, 0.1) is 5.92 Å². The average molecular weight is 196 g/mol. The first-order valence-electron chi connectivity index (χ1n) is 5.02. The maximum Gasteiger partial charge on any atom is 0.0959 e. The molecule has 1 aliphatic rings. The Morgan fingerprint density at radius 3 is 3.31 bits per heavy atom. The van der Waals surface area contributed by atoms with Gasteiger partial charge in [0, 0.05) is 17.5 Å². The van der Waals surface area contributed by atoms with E-state index in [1.165, 1.54) is 24.4 Å². The molecule has 72 valence electrons. The van der Waals surface area contributed by atoms with Crippen LogP contribution in [-0.4, -0.2) is 18.1 Å². The van der Waals surface area contributed by atoms with Crippen LogP contribution < -0.4 is 5.32 Å². The van der Waals surface area contributed by atoms with Crippen LogP contribution in [0.3, 0.4) is 0 Å². The van der Waals surface area contributed by atoms with Crippen molar-refractivity contribution in [2.45, 2.75) is 25.7 Å². The van der Waals surface area contributed by atoms with Crippen LogP contribution in [0.25, 0.3) is 0 Å². The second kappa shape index (κ2) is 4.20. The minimum Gasteiger partial charge on any atom is -0.316 e. The molecule has 0 spiro atoms. The van der Waals surface area contributed by atoms with E-state index in [9.17, 15) is 0 Å². The summed E-state index contributed by atoms with van der Waals surface area (Å²) in [6.07, 6.45) is 4.48. The Morgan fingerprint density at radius 1 is 1.69 bits per heavy atom. The van der Waals surface area contributed by atoms with E-state index in [1.807, 2.05) is 6.20 Å². The highest BCUT2D eigenvalue weighted by molar-refractivity contribution is 7.09. The van der Waals surface area contributed by atoms with E-state index >= 15 is 0 Å². The largest absolute Gasteiger partial charge is 0.316 e. The van der Waals surface area contributed by atoms with Gasteiger partial charge in [0.05, 0.1) is 5.01 Å². The van der Waals surface area contributed by atoms with Crippen molar-refractivity contribution in [3.63, 3.8) is 0 Å². The lowest BCUT2D eigenvalue weighted by molar-refractivity contribution is 0.619. The van der Waals surface area contributed by atoms with Gasteiger partial charge in [0.1, 0.15) is 0 Å². The number of thiazole rings is 1. The molecule has 2 rings (SSSR count). The summed E-state index contributed by atoms with van der Waals surface area (Å²) in [5.74, 6) is 1.63. The quantitative estimate of drug-likeness (QED) is 0.731. The molecule has 3 heteroatoms. The number of aromatic nitrogens is 1. The Morgan fingerprint density at radius 2 is 2.62 bits per heavy atom. The zero-order valence-electron chi connectivity index (χ0n) is 7.99. The molecule has 0 bridgehead atoms. The fourth-order valence-electron chi connectivity index (χ4n) is 1.66. The van der Waals surface area contributed by atoms with Crippen molar-refractivity contribution in [1.82, 2.24) is 10.3 Å². The normalized spacial score (nSPS) is 26.2. The zero-order valence-corrected chi connectivity index (χ0v) is 8.81. The van der Waals surface area contributed by atoms with Crippen LogP contribution in [0.1, 0.15) is 30.7 Å². The van der Waals surface area contributed by atoms with Gasteiger partial charge >= 0.3 is 0 Å². The lowest BCUT2D eigenvalue weighted by Gasteiger charge is -1.99. The third kappa shape index (κ3) is 2.29. The molecule has 2 unspecified atom stereocenters. The van der Waals surface area contributed by atoms with Gasteiger partial charge in [0.25, 0.3) is 0 Å². The Balaban J connectivity index is 1.71. The van der Waals surface area contributed by atoms with Crippen molar-refractivity contribution >= 4 is 11.3 Å². The Kier molecular flexibility index (Phi) is 2.96. The average Bonchev–Trinajstić information content (AvgIpc) is 2.72. The van der Waals surface area contributed by atoms with Crippen LogP contribution in [0.2, 0.25) is 0 Å². The first-order chi connectivity index (χ1) is 6.42. The molecular weight excluding hydrogens is 180 g/mol. The molecule has 0 aromatic carbocycles. The van der Waals surface area contributed by atoms with Crippen LogP contribution in [0.4, 0.5) is 0 Å². The van der Waals surface area contributed by atoms with Gasteiger partial charge in [0.15, 0.2) is 0 Å². The number of hydrogen-bond donors (Lipinski definition) is 1. The summed E-state index contributed by atoms with van der Waals surface area (Å²) < 4.78 is 0. The number of nitrogens with one attached hydrogen (secondary N) is 1. The van der Waals surface area contributed by atoms with Gasteiger partial charge in [-0.05, 0) is 31.8 Å². The van der Waals surface area contributed by atoms with Gasteiger partial charge < -0.3 is 5.32 Å². The second-order valence-electron chi connectivity index (χ2n) is 3.68. The van der Waals surface area contributed by atoms with E-state index < -0.39 is 0 Å². The van der Waals surface area contributed by atoms with Crippen LogP contribution in [0.15, 0.2) is 11.6 Å². The summed E-state index contributed by atoms with van der Waals surface area (Å²) in [4.78, 5) is 4.35. The summed E-state index contributed by atoms with van der Waals surface area (Å²) in [7, 11) is 0. The van der Waals surface area contributed by atoms with E-state index in [1.54, 1.807) is 11.3 Å². The molecule has 1 aromatic rings. The van der Waals surface area contributed by atoms with E-state index in [-0.39, 0.29) is 0 Å². The number of nitrogens with zero attached hydrogens (tertiary/aromatic N) is 1. The smallest absolute Gasteiger partial charge is 0.0959 e. The number of rotatable bonds is 5. The SMILES string of the molecule is CCCNCC1CC1c1nccs1. The summed E-state index contributed by atoms with van der Waals surface area (Å²) in [5.41, 5.74) is 0. The molecule has 0 radical (unpaired) electrons. The van der Waals surface area contributed by atoms with E-state index in [0.29, 0.717) is 0 Å². The molecule has 2 nitrogen and oxygen atoms in total. The predicted molar refractivity (Wildman–Crippen MR) is 56.1 cm³/mol. The van der Waals surface area contributed by atoms with E-state index in [4.69, 9.17) is 0 Å². The molecule has 1 heterocycles. The third-order valence-corrected chi connectivity index (χ3v) is 3.43. The van der Waals surface area contributed by atoms with Crippen molar-refractivity contribution in [3.8, 4) is 0 Å². The highest BCUT2D eigenvalue weighted by Crippen LogP contribution is 2.47. The standard InChI is InChI=1S/C10H16N2S/c1-2-3-11-7-8-6-9(8)10-12-4-5-13-10/h4-5,8-9,11H,2-3,6-7H2,1H3. The molecule has 1 aliphatic carbocycles. The lowest BCUT2D eigenvalue weighted by atomic mass is 10.3. The highest BCUT2D eigenvalue weighted by atomic mass is 32.1. The topological polar surface area (TPSA) is 24.9 Å². The van der Waals surface area contributed by atoms with Gasteiger partial charge in [-0.1, -0.05) is 6.92 Å². The third-order valence-electron chi connectivity index (χ3n) is 2.52. The second-order valence-corrected chi connectivity index (χ2v) is 4.60. The van der Waals surface area contributed by atoms with Crippen LogP contribution in [0.5, 0.6) is 0 Å². The maximum absolute atomic E-state index is 4.35. The molecule has 0 aliphatic heterocycles. The van der Waals surface area contributed by atoms with Gasteiger partial charge in [-0.25, -0.2) is 4.98 Å². The van der Waals surface area contributed by atoms with Crippen LogP contribution in [-0.2, 0) is 0 Å². The Hall–Kier alpha value is -0.410. The molecule has 0 amide bonds. The minimum absolute atomic E-state index is 0.768. The van der Waals surface area contributed by atoms with Crippen molar-refractivity contribution in [2.24, 2.45) is 5.92 Å². The predicted octanol–water partition coefficient (Wildman–Crippen LogP) is 2.25. The summed E-state index contributed by atoms with van der Waals surface area (Å²) in [5, 5.41) is 6.88. The molecule has 1 saturated carbocycles. The summed E-state index contributed by atoms with van der Waals surface area (Å²) >= 11 is 1.80. The van der Waals surface area contributed by atoms with E-state index in [0.717, 1.165) is 18.4 Å². The highest BCUT2D eigenvalue weighted by Gasteiger charge is 2.39. The molecule has 1 fully saturated rings.